The number of ether oxygens (including phenoxy) is 3. The fourth-order valence-corrected chi connectivity index (χ4v) is 6.98. The van der Waals surface area contributed by atoms with Gasteiger partial charge in [-0.25, -0.2) is 4.39 Å². The third-order valence-corrected chi connectivity index (χ3v) is 9.01. The number of aromatic nitrogens is 1. The van der Waals surface area contributed by atoms with E-state index in [4.69, 9.17) is 19.9 Å². The molecule has 0 bridgehead atoms. The quantitative estimate of drug-likeness (QED) is 0.496. The number of anilines is 1. The summed E-state index contributed by atoms with van der Waals surface area (Å²) in [4.78, 5) is 27.9. The van der Waals surface area contributed by atoms with Crippen LogP contribution in [0.15, 0.2) is 12.1 Å². The van der Waals surface area contributed by atoms with E-state index in [2.05, 4.69) is 24.1 Å². The van der Waals surface area contributed by atoms with Crippen LogP contribution in [0.4, 0.5) is 10.1 Å². The number of rotatable bonds is 8. The second-order valence-electron chi connectivity index (χ2n) is 12.7. The molecule has 2 aliphatic heterocycles. The Morgan fingerprint density at radius 3 is 2.59 bits per heavy atom. The molecule has 41 heavy (non-hydrogen) atoms. The summed E-state index contributed by atoms with van der Waals surface area (Å²) >= 11 is 0. The number of ketones is 1. The van der Waals surface area contributed by atoms with Gasteiger partial charge in [0.05, 0.1) is 61.8 Å². The molecule has 2 aromatic rings. The number of nitrogens with one attached hydrogen (secondary N) is 1. The summed E-state index contributed by atoms with van der Waals surface area (Å²) in [6.45, 7) is 9.98. The molecule has 0 spiro atoms. The Morgan fingerprint density at radius 1 is 1.10 bits per heavy atom. The molecule has 222 valence electrons. The number of morpholine rings is 1. The Morgan fingerprint density at radius 2 is 1.85 bits per heavy atom. The largest absolute Gasteiger partial charge is 0.382 e. The first kappa shape index (κ1) is 28.3. The number of Topliss-reactive ketones (excluding diaryl/α,β-unsaturated/α-hetero) is 1. The number of hydrogen-bond donors (Lipinski definition) is 2. The molecule has 3 N–H and O–H groups in total. The maximum atomic E-state index is 15.6. The van der Waals surface area contributed by atoms with Gasteiger partial charge in [0.25, 0.3) is 5.91 Å². The standard InChI is InChI=1S/C31H41FN4O5/c1-31(2)15-25-28(27(37)16-31)22-17-40-18-26(22)36(25)20-13-23(32)29(30(33)38)24(14-20)34-19-3-5-21(6-4-19)41-12-9-35-7-10-39-11-8-35/h13-14,19,21,34H,3-12,15-18H2,1-2H3,(H2,33,38)/t19-,21-. The van der Waals surface area contributed by atoms with E-state index in [0.29, 0.717) is 44.0 Å². The van der Waals surface area contributed by atoms with Gasteiger partial charge in [0.2, 0.25) is 0 Å². The molecular formula is C31H41FN4O5. The second-order valence-corrected chi connectivity index (χ2v) is 12.7. The smallest absolute Gasteiger partial charge is 0.253 e. The number of hydrogen-bond acceptors (Lipinski definition) is 7. The van der Waals surface area contributed by atoms with Gasteiger partial charge in [-0.1, -0.05) is 13.8 Å². The summed E-state index contributed by atoms with van der Waals surface area (Å²) in [6.07, 6.45) is 4.83. The molecule has 2 fully saturated rings. The van der Waals surface area contributed by atoms with Gasteiger partial charge in [-0.2, -0.15) is 0 Å². The summed E-state index contributed by atoms with van der Waals surface area (Å²) in [5, 5.41) is 3.45. The molecular weight excluding hydrogens is 527 g/mol. The minimum absolute atomic E-state index is 0.0648. The van der Waals surface area contributed by atoms with E-state index in [-0.39, 0.29) is 28.9 Å². The number of halogens is 1. The highest BCUT2D eigenvalue weighted by atomic mass is 19.1. The molecule has 1 aromatic heterocycles. The van der Waals surface area contributed by atoms with Gasteiger partial charge in [-0.15, -0.1) is 0 Å². The Labute approximate surface area is 240 Å². The normalized spacial score (nSPS) is 24.2. The van der Waals surface area contributed by atoms with Crippen LogP contribution >= 0.6 is 0 Å². The fourth-order valence-electron chi connectivity index (χ4n) is 6.98. The lowest BCUT2D eigenvalue weighted by molar-refractivity contribution is -0.00920. The maximum Gasteiger partial charge on any atom is 0.253 e. The highest BCUT2D eigenvalue weighted by Crippen LogP contribution is 2.43. The van der Waals surface area contributed by atoms with E-state index < -0.39 is 11.7 Å². The SMILES string of the molecule is CC1(C)CC(=O)c2c3c(n(-c4cc(F)c(C(N)=O)c(N[C@H]5CC[C@H](OCCN6CCOCC6)CC5)c4)c2C1)COC3. The summed E-state index contributed by atoms with van der Waals surface area (Å²) in [5.74, 6) is -1.38. The van der Waals surface area contributed by atoms with Crippen molar-refractivity contribution in [3.05, 3.63) is 46.0 Å². The third-order valence-electron chi connectivity index (χ3n) is 9.01. The number of fused-ring (bicyclic) bond motifs is 3. The van der Waals surface area contributed by atoms with E-state index in [1.54, 1.807) is 6.07 Å². The maximum absolute atomic E-state index is 15.6. The average molecular weight is 569 g/mol. The van der Waals surface area contributed by atoms with E-state index in [0.717, 1.165) is 81.0 Å². The Kier molecular flexibility index (Phi) is 7.93. The van der Waals surface area contributed by atoms with E-state index in [1.807, 2.05) is 4.57 Å². The molecule has 1 saturated heterocycles. The molecule has 6 rings (SSSR count). The molecule has 2 aliphatic carbocycles. The van der Waals surface area contributed by atoms with Gasteiger partial charge in [0.1, 0.15) is 5.82 Å². The molecule has 1 amide bonds. The van der Waals surface area contributed by atoms with Crippen LogP contribution < -0.4 is 11.1 Å². The van der Waals surface area contributed by atoms with Crippen molar-refractivity contribution in [2.45, 2.75) is 77.7 Å². The van der Waals surface area contributed by atoms with Crippen LogP contribution in [0.25, 0.3) is 5.69 Å². The zero-order chi connectivity index (χ0) is 28.7. The third kappa shape index (κ3) is 5.80. The van der Waals surface area contributed by atoms with E-state index >= 15 is 4.39 Å². The van der Waals surface area contributed by atoms with Gasteiger partial charge in [-0.3, -0.25) is 14.5 Å². The van der Waals surface area contributed by atoms with Crippen LogP contribution in [0.5, 0.6) is 0 Å². The van der Waals surface area contributed by atoms with E-state index in [9.17, 15) is 9.59 Å². The lowest BCUT2D eigenvalue weighted by Gasteiger charge is -2.32. The molecule has 4 aliphatic rings. The van der Waals surface area contributed by atoms with Gasteiger partial charge < -0.3 is 29.8 Å². The van der Waals surface area contributed by atoms with Gasteiger partial charge >= 0.3 is 0 Å². The zero-order valence-corrected chi connectivity index (χ0v) is 24.1. The zero-order valence-electron chi connectivity index (χ0n) is 24.1. The van der Waals surface area contributed by atoms with Crippen LogP contribution in [0, 0.1) is 11.2 Å². The Bertz CT molecular complexity index is 1320. The average Bonchev–Trinajstić information content (AvgIpc) is 3.49. The van der Waals surface area contributed by atoms with Crippen LogP contribution in [0.3, 0.4) is 0 Å². The van der Waals surface area contributed by atoms with Crippen molar-refractivity contribution in [3.63, 3.8) is 0 Å². The lowest BCUT2D eigenvalue weighted by atomic mass is 9.75. The molecule has 1 saturated carbocycles. The van der Waals surface area contributed by atoms with Gasteiger partial charge in [-0.05, 0) is 49.7 Å². The minimum Gasteiger partial charge on any atom is -0.382 e. The Balaban J connectivity index is 1.21. The summed E-state index contributed by atoms with van der Waals surface area (Å²) < 4.78 is 34.9. The number of benzene rings is 1. The first-order valence-electron chi connectivity index (χ1n) is 14.9. The van der Waals surface area contributed by atoms with Crippen LogP contribution in [0.1, 0.15) is 83.6 Å². The van der Waals surface area contributed by atoms with Crippen molar-refractivity contribution >= 4 is 17.4 Å². The first-order valence-corrected chi connectivity index (χ1v) is 14.9. The number of carbonyl (C=O) groups is 2. The molecule has 10 heteroatoms. The number of primary amides is 1. The molecule has 9 nitrogen and oxygen atoms in total. The summed E-state index contributed by atoms with van der Waals surface area (Å²) in [6, 6.07) is 3.23. The number of nitrogens with two attached hydrogens (primary N) is 1. The Hall–Kier alpha value is -2.79. The predicted molar refractivity (Wildman–Crippen MR) is 152 cm³/mol. The predicted octanol–water partition coefficient (Wildman–Crippen LogP) is 3.97. The summed E-state index contributed by atoms with van der Waals surface area (Å²) in [5.41, 5.74) is 9.68. The first-order chi connectivity index (χ1) is 19.7. The molecule has 0 radical (unpaired) electrons. The topological polar surface area (TPSA) is 108 Å². The van der Waals surface area contributed by atoms with E-state index in [1.165, 1.54) is 6.07 Å². The monoisotopic (exact) mass is 568 g/mol. The van der Waals surface area contributed by atoms with Gasteiger partial charge in [0.15, 0.2) is 5.78 Å². The number of carbonyl (C=O) groups excluding carboxylic acids is 2. The van der Waals surface area contributed by atoms with Crippen molar-refractivity contribution in [2.75, 3.05) is 44.8 Å². The highest BCUT2D eigenvalue weighted by Gasteiger charge is 2.39. The fraction of sp³-hybridized carbons (Fsp3) is 0.613. The minimum atomic E-state index is -0.809. The second kappa shape index (κ2) is 11.5. The number of nitrogens with zero attached hydrogens (tertiary/aromatic N) is 2. The number of amides is 1. The summed E-state index contributed by atoms with van der Waals surface area (Å²) in [7, 11) is 0. The van der Waals surface area contributed by atoms with Crippen LogP contribution in [-0.4, -0.2) is 72.8 Å². The molecule has 1 aromatic carbocycles. The highest BCUT2D eigenvalue weighted by molar-refractivity contribution is 6.01. The lowest BCUT2D eigenvalue weighted by Crippen LogP contribution is -2.39. The van der Waals surface area contributed by atoms with Crippen molar-refractivity contribution in [1.29, 1.82) is 0 Å². The van der Waals surface area contributed by atoms with Gasteiger partial charge in [0, 0.05) is 48.9 Å². The molecule has 0 unspecified atom stereocenters. The molecule has 0 atom stereocenters. The van der Waals surface area contributed by atoms with Crippen molar-refractivity contribution in [1.82, 2.24) is 9.47 Å². The van der Waals surface area contributed by atoms with Crippen molar-refractivity contribution in [2.24, 2.45) is 11.1 Å². The van der Waals surface area contributed by atoms with Crippen LogP contribution in [0.2, 0.25) is 0 Å². The van der Waals surface area contributed by atoms with Crippen LogP contribution in [-0.2, 0) is 33.8 Å². The van der Waals surface area contributed by atoms with Crippen molar-refractivity contribution < 1.29 is 28.2 Å². The molecule has 3 heterocycles. The van der Waals surface area contributed by atoms with Crippen molar-refractivity contribution in [3.8, 4) is 5.69 Å².